The van der Waals surface area contributed by atoms with Gasteiger partial charge >= 0.3 is 0 Å². The lowest BCUT2D eigenvalue weighted by atomic mass is 10.2. The number of rotatable bonds is 8. The fraction of sp³-hybridized carbons (Fsp3) is 0.217. The minimum absolute atomic E-state index is 0.0991. The van der Waals surface area contributed by atoms with Crippen LogP contribution in [-0.4, -0.2) is 28.3 Å². The van der Waals surface area contributed by atoms with Crippen molar-refractivity contribution in [3.05, 3.63) is 82.1 Å². The zero-order chi connectivity index (χ0) is 22.2. The fourth-order valence-corrected chi connectivity index (χ4v) is 3.59. The summed E-state index contributed by atoms with van der Waals surface area (Å²) in [5, 5.41) is 6.12. The Morgan fingerprint density at radius 2 is 1.65 bits per heavy atom. The third-order valence-corrected chi connectivity index (χ3v) is 5.61. The van der Waals surface area contributed by atoms with Crippen molar-refractivity contribution in [1.29, 1.82) is 0 Å². The Morgan fingerprint density at radius 1 is 1.00 bits per heavy atom. The molecule has 2 amide bonds. The van der Waals surface area contributed by atoms with Gasteiger partial charge in [-0.05, 0) is 31.5 Å². The molecule has 6 nitrogen and oxygen atoms in total. The Balaban J connectivity index is 1.50. The predicted octanol–water partition coefficient (Wildman–Crippen LogP) is 4.80. The van der Waals surface area contributed by atoms with Gasteiger partial charge in [0.1, 0.15) is 0 Å². The molecule has 8 heteroatoms. The second-order valence-electron chi connectivity index (χ2n) is 7.04. The molecule has 0 atom stereocenters. The van der Waals surface area contributed by atoms with Crippen LogP contribution in [0.2, 0.25) is 5.02 Å². The van der Waals surface area contributed by atoms with E-state index in [9.17, 15) is 9.59 Å². The molecular weight excluding hydrogens is 432 g/mol. The summed E-state index contributed by atoms with van der Waals surface area (Å²) in [6.45, 7) is 4.19. The van der Waals surface area contributed by atoms with Crippen molar-refractivity contribution in [2.24, 2.45) is 0 Å². The monoisotopic (exact) mass is 454 g/mol. The lowest BCUT2D eigenvalue weighted by Crippen LogP contribution is -2.28. The average Bonchev–Trinajstić information content (AvgIpc) is 2.76. The molecule has 0 saturated heterocycles. The fourth-order valence-electron chi connectivity index (χ4n) is 2.65. The first-order valence-electron chi connectivity index (χ1n) is 9.76. The molecule has 0 bridgehead atoms. The minimum atomic E-state index is -0.437. The number of benzene rings is 2. The van der Waals surface area contributed by atoms with E-state index in [4.69, 9.17) is 11.6 Å². The number of aromatic nitrogens is 2. The highest BCUT2D eigenvalue weighted by Gasteiger charge is 2.15. The van der Waals surface area contributed by atoms with Crippen LogP contribution in [0.25, 0.3) is 0 Å². The van der Waals surface area contributed by atoms with Crippen LogP contribution in [0.5, 0.6) is 0 Å². The number of carbonyl (C=O) groups is 2. The van der Waals surface area contributed by atoms with Crippen LogP contribution in [0.4, 0.5) is 5.69 Å². The van der Waals surface area contributed by atoms with Gasteiger partial charge in [-0.3, -0.25) is 9.59 Å². The van der Waals surface area contributed by atoms with Crippen molar-refractivity contribution in [1.82, 2.24) is 15.3 Å². The number of halogens is 1. The lowest BCUT2D eigenvalue weighted by Gasteiger charge is -2.08. The standard InChI is InChI=1S/C23H23ClN4O2S/c1-15-3-7-17(8-4-15)14-31-23-26-13-19(24)21(28-23)22(30)25-12-11-20(29)27-18-9-5-16(2)6-10-18/h3-10,13H,11-12,14H2,1-2H3,(H,25,30)(H,27,29). The highest BCUT2D eigenvalue weighted by Crippen LogP contribution is 2.22. The number of hydrogen-bond donors (Lipinski definition) is 2. The molecule has 0 aliphatic carbocycles. The summed E-state index contributed by atoms with van der Waals surface area (Å²) in [5.41, 5.74) is 4.27. The first-order chi connectivity index (χ1) is 14.9. The number of nitrogens with one attached hydrogen (secondary N) is 2. The maximum atomic E-state index is 12.5. The number of thioether (sulfide) groups is 1. The van der Waals surface area contributed by atoms with E-state index < -0.39 is 5.91 Å². The summed E-state index contributed by atoms with van der Waals surface area (Å²) < 4.78 is 0. The number of carbonyl (C=O) groups excluding carboxylic acids is 2. The lowest BCUT2D eigenvalue weighted by molar-refractivity contribution is -0.116. The molecule has 1 heterocycles. The second kappa shape index (κ2) is 10.9. The quantitative estimate of drug-likeness (QED) is 0.377. The van der Waals surface area contributed by atoms with Crippen LogP contribution in [0, 0.1) is 13.8 Å². The van der Waals surface area contributed by atoms with Gasteiger partial charge in [-0.15, -0.1) is 0 Å². The van der Waals surface area contributed by atoms with Crippen LogP contribution in [-0.2, 0) is 10.5 Å². The molecule has 160 valence electrons. The second-order valence-corrected chi connectivity index (χ2v) is 8.39. The van der Waals surface area contributed by atoms with Crippen molar-refractivity contribution in [3.8, 4) is 0 Å². The van der Waals surface area contributed by atoms with Crippen molar-refractivity contribution >= 4 is 40.9 Å². The van der Waals surface area contributed by atoms with Crippen LogP contribution in [0.1, 0.15) is 33.6 Å². The van der Waals surface area contributed by atoms with Crippen molar-refractivity contribution in [2.45, 2.75) is 31.2 Å². The van der Waals surface area contributed by atoms with E-state index in [1.165, 1.54) is 23.5 Å². The highest BCUT2D eigenvalue weighted by atomic mass is 35.5. The summed E-state index contributed by atoms with van der Waals surface area (Å²) in [6, 6.07) is 15.7. The molecule has 0 unspecified atom stereocenters. The molecule has 1 aromatic heterocycles. The van der Waals surface area contributed by atoms with Gasteiger partial charge in [-0.1, -0.05) is 70.9 Å². The third-order valence-electron chi connectivity index (χ3n) is 4.40. The van der Waals surface area contributed by atoms with Gasteiger partial charge in [0.05, 0.1) is 11.2 Å². The van der Waals surface area contributed by atoms with Crippen molar-refractivity contribution in [2.75, 3.05) is 11.9 Å². The maximum Gasteiger partial charge on any atom is 0.271 e. The van der Waals surface area contributed by atoms with Crippen LogP contribution >= 0.6 is 23.4 Å². The molecular formula is C23H23ClN4O2S. The zero-order valence-electron chi connectivity index (χ0n) is 17.3. The number of anilines is 1. The van der Waals surface area contributed by atoms with Gasteiger partial charge in [-0.25, -0.2) is 9.97 Å². The summed E-state index contributed by atoms with van der Waals surface area (Å²) in [6.07, 6.45) is 1.56. The molecule has 0 aliphatic rings. The van der Waals surface area contributed by atoms with Gasteiger partial charge < -0.3 is 10.6 Å². The van der Waals surface area contributed by atoms with Crippen LogP contribution in [0.3, 0.4) is 0 Å². The smallest absolute Gasteiger partial charge is 0.271 e. The van der Waals surface area contributed by atoms with E-state index in [-0.39, 0.29) is 29.6 Å². The Hall–Kier alpha value is -2.90. The van der Waals surface area contributed by atoms with Crippen molar-refractivity contribution in [3.63, 3.8) is 0 Å². The number of amides is 2. The summed E-state index contributed by atoms with van der Waals surface area (Å²) in [7, 11) is 0. The maximum absolute atomic E-state index is 12.5. The average molecular weight is 455 g/mol. The molecule has 2 aromatic carbocycles. The molecule has 0 spiro atoms. The van der Waals surface area contributed by atoms with Gasteiger partial charge in [-0.2, -0.15) is 0 Å². The Bertz CT molecular complexity index is 1060. The van der Waals surface area contributed by atoms with Gasteiger partial charge in [0.2, 0.25) is 5.91 Å². The predicted molar refractivity (Wildman–Crippen MR) is 125 cm³/mol. The number of hydrogen-bond acceptors (Lipinski definition) is 5. The SMILES string of the molecule is Cc1ccc(CSc2ncc(Cl)c(C(=O)NCCC(=O)Nc3ccc(C)cc3)n2)cc1. The number of aryl methyl sites for hydroxylation is 2. The van der Waals surface area contributed by atoms with Gasteiger partial charge in [0.15, 0.2) is 10.9 Å². The van der Waals surface area contributed by atoms with E-state index in [1.807, 2.05) is 62.4 Å². The summed E-state index contributed by atoms with van der Waals surface area (Å²) in [4.78, 5) is 33.0. The molecule has 0 saturated carbocycles. The molecule has 3 rings (SSSR count). The topological polar surface area (TPSA) is 84.0 Å². The molecule has 31 heavy (non-hydrogen) atoms. The van der Waals surface area contributed by atoms with Gasteiger partial charge in [0.25, 0.3) is 5.91 Å². The van der Waals surface area contributed by atoms with E-state index in [0.717, 1.165) is 16.8 Å². The normalized spacial score (nSPS) is 10.5. The molecule has 2 N–H and O–H groups in total. The first kappa shape index (κ1) is 22.8. The summed E-state index contributed by atoms with van der Waals surface area (Å²) >= 11 is 7.54. The van der Waals surface area contributed by atoms with Crippen LogP contribution in [0.15, 0.2) is 59.9 Å². The Morgan fingerprint density at radius 3 is 2.32 bits per heavy atom. The third kappa shape index (κ3) is 7.08. The highest BCUT2D eigenvalue weighted by molar-refractivity contribution is 7.98. The summed E-state index contributed by atoms with van der Waals surface area (Å²) in [5.74, 6) is 0.0577. The molecule has 0 aliphatic heterocycles. The first-order valence-corrected chi connectivity index (χ1v) is 11.1. The van der Waals surface area contributed by atoms with Gasteiger partial charge in [0, 0.05) is 24.4 Å². The Labute approximate surface area is 190 Å². The van der Waals surface area contributed by atoms with Crippen LogP contribution < -0.4 is 10.6 Å². The largest absolute Gasteiger partial charge is 0.350 e. The zero-order valence-corrected chi connectivity index (χ0v) is 18.9. The van der Waals surface area contributed by atoms with E-state index >= 15 is 0 Å². The number of nitrogens with zero attached hydrogens (tertiary/aromatic N) is 2. The van der Waals surface area contributed by atoms with Crippen molar-refractivity contribution < 1.29 is 9.59 Å². The minimum Gasteiger partial charge on any atom is -0.350 e. The van der Waals surface area contributed by atoms with E-state index in [0.29, 0.717) is 10.9 Å². The molecule has 3 aromatic rings. The molecule has 0 fully saturated rings. The Kier molecular flexibility index (Phi) is 8.03. The van der Waals surface area contributed by atoms with E-state index in [1.54, 1.807) is 0 Å². The van der Waals surface area contributed by atoms with E-state index in [2.05, 4.69) is 20.6 Å². The molecule has 0 radical (unpaired) electrons.